The van der Waals surface area contributed by atoms with Crippen LogP contribution in [0.1, 0.15) is 32.6 Å². The average Bonchev–Trinajstić information content (AvgIpc) is 2.55. The lowest BCUT2D eigenvalue weighted by Crippen LogP contribution is -2.37. The van der Waals surface area contributed by atoms with Gasteiger partial charge in [-0.3, -0.25) is 4.79 Å². The van der Waals surface area contributed by atoms with Crippen LogP contribution < -0.4 is 10.5 Å². The second-order valence-corrected chi connectivity index (χ2v) is 5.66. The van der Waals surface area contributed by atoms with Gasteiger partial charge in [0.25, 0.3) is 0 Å². The molecule has 5 heteroatoms. The van der Waals surface area contributed by atoms with Gasteiger partial charge in [-0.05, 0) is 31.0 Å². The number of para-hydroxylation sites is 1. The second-order valence-electron chi connectivity index (χ2n) is 5.66. The van der Waals surface area contributed by atoms with Crippen LogP contribution in [-0.4, -0.2) is 17.0 Å². The van der Waals surface area contributed by atoms with Gasteiger partial charge in [0, 0.05) is 6.07 Å². The Labute approximate surface area is 136 Å². The Morgan fingerprint density at radius 2 is 1.74 bits per heavy atom. The molecule has 2 rings (SSSR count). The predicted molar refractivity (Wildman–Crippen MR) is 88.1 cm³/mol. The highest BCUT2D eigenvalue weighted by molar-refractivity contribution is 5.76. The highest BCUT2D eigenvalue weighted by Gasteiger charge is 2.22. The number of pyridine rings is 1. The minimum absolute atomic E-state index is 0.0235. The van der Waals surface area contributed by atoms with Crippen LogP contribution in [0.15, 0.2) is 48.5 Å². The van der Waals surface area contributed by atoms with Crippen molar-refractivity contribution in [1.29, 1.82) is 0 Å². The molecule has 5 nitrogen and oxygen atoms in total. The number of nitrogens with zero attached hydrogens (tertiary/aromatic N) is 1. The van der Waals surface area contributed by atoms with Gasteiger partial charge in [0.15, 0.2) is 0 Å². The van der Waals surface area contributed by atoms with Crippen LogP contribution in [-0.2, 0) is 9.53 Å². The Morgan fingerprint density at radius 3 is 2.39 bits per heavy atom. The molecule has 0 fully saturated rings. The van der Waals surface area contributed by atoms with E-state index in [1.54, 1.807) is 19.1 Å². The molecular weight excluding hydrogens is 292 g/mol. The van der Waals surface area contributed by atoms with Gasteiger partial charge < -0.3 is 15.2 Å². The van der Waals surface area contributed by atoms with Crippen molar-refractivity contribution in [3.8, 4) is 11.6 Å². The number of benzene rings is 1. The number of nitrogens with two attached hydrogens (primary N) is 1. The van der Waals surface area contributed by atoms with Crippen LogP contribution in [0.5, 0.6) is 11.6 Å². The molecular formula is C18H22N2O3. The van der Waals surface area contributed by atoms with Gasteiger partial charge in [-0.25, -0.2) is 4.98 Å². The van der Waals surface area contributed by atoms with E-state index in [2.05, 4.69) is 4.98 Å². The van der Waals surface area contributed by atoms with Crippen molar-refractivity contribution in [3.63, 3.8) is 0 Å². The highest BCUT2D eigenvalue weighted by atomic mass is 16.5. The molecule has 2 unspecified atom stereocenters. The van der Waals surface area contributed by atoms with Crippen LogP contribution in [0, 0.1) is 5.92 Å². The Hall–Kier alpha value is -2.40. The largest absolute Gasteiger partial charge is 0.455 e. The van der Waals surface area contributed by atoms with Crippen molar-refractivity contribution in [2.75, 3.05) is 0 Å². The number of hydrogen-bond donors (Lipinski definition) is 1. The van der Waals surface area contributed by atoms with E-state index in [0.717, 1.165) is 0 Å². The van der Waals surface area contributed by atoms with Gasteiger partial charge in [-0.1, -0.05) is 38.1 Å². The number of aromatic nitrogens is 1. The third-order valence-electron chi connectivity index (χ3n) is 3.41. The topological polar surface area (TPSA) is 74.4 Å². The molecule has 0 saturated carbocycles. The molecule has 0 amide bonds. The molecule has 2 atom stereocenters. The molecule has 0 saturated heterocycles. The normalized spacial score (nSPS) is 13.4. The molecule has 0 radical (unpaired) electrons. The fourth-order valence-corrected chi connectivity index (χ4v) is 1.91. The zero-order valence-corrected chi connectivity index (χ0v) is 13.6. The summed E-state index contributed by atoms with van der Waals surface area (Å²) >= 11 is 0. The lowest BCUT2D eigenvalue weighted by molar-refractivity contribution is -0.151. The molecule has 122 valence electrons. The van der Waals surface area contributed by atoms with Crippen molar-refractivity contribution in [3.05, 3.63) is 54.2 Å². The van der Waals surface area contributed by atoms with Crippen molar-refractivity contribution in [2.24, 2.45) is 11.7 Å². The molecule has 1 aromatic carbocycles. The fraction of sp³-hybridized carbons (Fsp3) is 0.333. The van der Waals surface area contributed by atoms with Crippen LogP contribution in [0.25, 0.3) is 0 Å². The molecule has 0 spiro atoms. The Kier molecular flexibility index (Phi) is 5.71. The molecule has 2 N–H and O–H groups in total. The van der Waals surface area contributed by atoms with E-state index in [1.165, 1.54) is 0 Å². The monoisotopic (exact) mass is 314 g/mol. The predicted octanol–water partition coefficient (Wildman–Crippen LogP) is 3.46. The number of esters is 1. The van der Waals surface area contributed by atoms with E-state index in [9.17, 15) is 4.79 Å². The van der Waals surface area contributed by atoms with E-state index in [0.29, 0.717) is 17.3 Å². The smallest absolute Gasteiger partial charge is 0.323 e. The Bertz CT molecular complexity index is 644. The molecule has 23 heavy (non-hydrogen) atoms. The maximum atomic E-state index is 11.9. The summed E-state index contributed by atoms with van der Waals surface area (Å²) in [5.41, 5.74) is 6.41. The van der Waals surface area contributed by atoms with Crippen LogP contribution in [0.3, 0.4) is 0 Å². The highest BCUT2D eigenvalue weighted by Crippen LogP contribution is 2.22. The van der Waals surface area contributed by atoms with E-state index in [4.69, 9.17) is 15.2 Å². The number of carbonyl (C=O) groups is 1. The van der Waals surface area contributed by atoms with Gasteiger partial charge in [0.1, 0.15) is 17.9 Å². The lowest BCUT2D eigenvalue weighted by atomic mass is 10.1. The van der Waals surface area contributed by atoms with Gasteiger partial charge in [-0.15, -0.1) is 0 Å². The molecule has 0 aliphatic carbocycles. The maximum absolute atomic E-state index is 11.9. The number of ether oxygens (including phenoxy) is 2. The molecule has 1 aromatic heterocycles. The summed E-state index contributed by atoms with van der Waals surface area (Å²) in [6, 6.07) is 14.1. The third-order valence-corrected chi connectivity index (χ3v) is 3.41. The van der Waals surface area contributed by atoms with Gasteiger partial charge >= 0.3 is 5.97 Å². The zero-order chi connectivity index (χ0) is 16.8. The molecule has 0 bridgehead atoms. The standard InChI is InChI=1S/C18H22N2O3/c1-12(2)17(19)18(21)22-13(3)15-10-7-11-16(20-15)23-14-8-5-4-6-9-14/h4-13,17H,19H2,1-3H3. The third kappa shape index (κ3) is 4.79. The number of rotatable bonds is 6. The maximum Gasteiger partial charge on any atom is 0.323 e. The van der Waals surface area contributed by atoms with Gasteiger partial charge in [0.2, 0.25) is 5.88 Å². The first kappa shape index (κ1) is 17.0. The molecule has 2 aromatic rings. The summed E-state index contributed by atoms with van der Waals surface area (Å²) in [6.45, 7) is 5.52. The van der Waals surface area contributed by atoms with Crippen molar-refractivity contribution in [2.45, 2.75) is 32.9 Å². The first-order chi connectivity index (χ1) is 11.0. The minimum Gasteiger partial charge on any atom is -0.455 e. The number of carbonyl (C=O) groups excluding carboxylic acids is 1. The number of hydrogen-bond acceptors (Lipinski definition) is 5. The first-order valence-electron chi connectivity index (χ1n) is 7.63. The fourth-order valence-electron chi connectivity index (χ4n) is 1.91. The van der Waals surface area contributed by atoms with Gasteiger partial charge in [0.05, 0.1) is 5.69 Å². The van der Waals surface area contributed by atoms with E-state index in [-0.39, 0.29) is 5.92 Å². The molecule has 1 heterocycles. The van der Waals surface area contributed by atoms with E-state index < -0.39 is 18.1 Å². The Balaban J connectivity index is 2.05. The summed E-state index contributed by atoms with van der Waals surface area (Å²) in [4.78, 5) is 16.3. The second kappa shape index (κ2) is 7.74. The molecule has 0 aliphatic rings. The van der Waals surface area contributed by atoms with Crippen LogP contribution >= 0.6 is 0 Å². The lowest BCUT2D eigenvalue weighted by Gasteiger charge is -2.18. The average molecular weight is 314 g/mol. The van der Waals surface area contributed by atoms with Crippen molar-refractivity contribution >= 4 is 5.97 Å². The SMILES string of the molecule is CC(OC(=O)C(N)C(C)C)c1cccc(Oc2ccccc2)n1. The van der Waals surface area contributed by atoms with E-state index >= 15 is 0 Å². The molecule has 0 aliphatic heterocycles. The van der Waals surface area contributed by atoms with Crippen molar-refractivity contribution in [1.82, 2.24) is 4.98 Å². The van der Waals surface area contributed by atoms with E-state index in [1.807, 2.05) is 50.2 Å². The van der Waals surface area contributed by atoms with Gasteiger partial charge in [-0.2, -0.15) is 0 Å². The summed E-state index contributed by atoms with van der Waals surface area (Å²) in [5.74, 6) is 0.743. The first-order valence-corrected chi connectivity index (χ1v) is 7.63. The summed E-state index contributed by atoms with van der Waals surface area (Å²) in [6.07, 6.45) is -0.494. The summed E-state index contributed by atoms with van der Waals surface area (Å²) in [7, 11) is 0. The summed E-state index contributed by atoms with van der Waals surface area (Å²) in [5, 5.41) is 0. The summed E-state index contributed by atoms with van der Waals surface area (Å²) < 4.78 is 11.1. The zero-order valence-electron chi connectivity index (χ0n) is 13.6. The Morgan fingerprint density at radius 1 is 1.04 bits per heavy atom. The van der Waals surface area contributed by atoms with Crippen LogP contribution in [0.4, 0.5) is 0 Å². The van der Waals surface area contributed by atoms with Crippen molar-refractivity contribution < 1.29 is 14.3 Å². The van der Waals surface area contributed by atoms with Crippen LogP contribution in [0.2, 0.25) is 0 Å². The minimum atomic E-state index is -0.638. The quantitative estimate of drug-likeness (QED) is 0.826.